The molecule has 2 aliphatic rings. The van der Waals surface area contributed by atoms with Crippen LogP contribution in [0.1, 0.15) is 11.6 Å². The molecular formula is C26H27FN4O3. The lowest BCUT2D eigenvalue weighted by molar-refractivity contribution is 0.173. The fourth-order valence-corrected chi connectivity index (χ4v) is 4.41. The Labute approximate surface area is 198 Å². The molecule has 0 radical (unpaired) electrons. The van der Waals surface area contributed by atoms with Gasteiger partial charge in [-0.05, 0) is 54.1 Å². The van der Waals surface area contributed by atoms with E-state index in [-0.39, 0.29) is 24.7 Å². The Morgan fingerprint density at radius 3 is 2.41 bits per heavy atom. The van der Waals surface area contributed by atoms with Crippen molar-refractivity contribution < 1.29 is 18.7 Å². The molecule has 0 aliphatic carbocycles. The standard InChI is InChI=1S/C26H27FN4O3/c27-20-7-9-22(10-8-20)30-12-14-31(15-13-30)23(19-6-11-24-25(16-19)34-18-33-24)17-28-26(32)29-21-4-2-1-3-5-21/h1-11,16,23H,12-15,17-18H2,(H2,28,29,32). The maximum Gasteiger partial charge on any atom is 0.319 e. The van der Waals surface area contributed by atoms with Gasteiger partial charge in [-0.25, -0.2) is 9.18 Å². The first-order chi connectivity index (χ1) is 16.7. The Balaban J connectivity index is 1.28. The van der Waals surface area contributed by atoms with Crippen molar-refractivity contribution in [3.63, 3.8) is 0 Å². The van der Waals surface area contributed by atoms with E-state index in [0.717, 1.165) is 54.6 Å². The van der Waals surface area contributed by atoms with Crippen LogP contribution in [0.5, 0.6) is 11.5 Å². The molecule has 1 fully saturated rings. The number of hydrogen-bond acceptors (Lipinski definition) is 5. The monoisotopic (exact) mass is 462 g/mol. The van der Waals surface area contributed by atoms with Gasteiger partial charge in [-0.1, -0.05) is 24.3 Å². The number of ether oxygens (including phenoxy) is 2. The summed E-state index contributed by atoms with van der Waals surface area (Å²) in [6.45, 7) is 3.88. The summed E-state index contributed by atoms with van der Waals surface area (Å²) in [7, 11) is 0. The third kappa shape index (κ3) is 5.07. The van der Waals surface area contributed by atoms with Crippen molar-refractivity contribution in [3.8, 4) is 11.5 Å². The molecular weight excluding hydrogens is 435 g/mol. The predicted octanol–water partition coefficient (Wildman–Crippen LogP) is 4.24. The number of fused-ring (bicyclic) bond motifs is 1. The first kappa shape index (κ1) is 22.0. The van der Waals surface area contributed by atoms with Crippen LogP contribution in [-0.2, 0) is 0 Å². The number of halogens is 1. The summed E-state index contributed by atoms with van der Waals surface area (Å²) in [5.74, 6) is 1.23. The summed E-state index contributed by atoms with van der Waals surface area (Å²) in [5.41, 5.74) is 2.81. The zero-order valence-corrected chi connectivity index (χ0v) is 18.7. The normalized spacial score (nSPS) is 16.2. The van der Waals surface area contributed by atoms with Gasteiger partial charge >= 0.3 is 6.03 Å². The molecule has 2 heterocycles. The molecule has 1 saturated heterocycles. The molecule has 176 valence electrons. The van der Waals surface area contributed by atoms with Gasteiger partial charge in [0.2, 0.25) is 6.79 Å². The van der Waals surface area contributed by atoms with Crippen molar-refractivity contribution in [2.45, 2.75) is 6.04 Å². The maximum atomic E-state index is 13.3. The van der Waals surface area contributed by atoms with Crippen LogP contribution < -0.4 is 25.0 Å². The smallest absolute Gasteiger partial charge is 0.319 e. The van der Waals surface area contributed by atoms with E-state index in [1.54, 1.807) is 0 Å². The van der Waals surface area contributed by atoms with Crippen molar-refractivity contribution in [1.29, 1.82) is 0 Å². The topological polar surface area (TPSA) is 66.1 Å². The van der Waals surface area contributed by atoms with Crippen molar-refractivity contribution in [2.75, 3.05) is 49.7 Å². The Morgan fingerprint density at radius 1 is 0.912 bits per heavy atom. The van der Waals surface area contributed by atoms with E-state index >= 15 is 0 Å². The number of amides is 2. The number of nitrogens with zero attached hydrogens (tertiary/aromatic N) is 2. The molecule has 1 atom stereocenters. The van der Waals surface area contributed by atoms with Crippen LogP contribution in [0.15, 0.2) is 72.8 Å². The van der Waals surface area contributed by atoms with Crippen molar-refractivity contribution >= 4 is 17.4 Å². The van der Waals surface area contributed by atoms with E-state index in [0.29, 0.717) is 6.54 Å². The Hall–Kier alpha value is -3.78. The van der Waals surface area contributed by atoms with E-state index in [1.165, 1.54) is 12.1 Å². The fourth-order valence-electron chi connectivity index (χ4n) is 4.41. The van der Waals surface area contributed by atoms with Gasteiger partial charge in [0.25, 0.3) is 0 Å². The summed E-state index contributed by atoms with van der Waals surface area (Å²) < 4.78 is 24.4. The third-order valence-corrected chi connectivity index (χ3v) is 6.22. The highest BCUT2D eigenvalue weighted by Gasteiger charge is 2.27. The number of para-hydroxylation sites is 1. The highest BCUT2D eigenvalue weighted by Crippen LogP contribution is 2.35. The van der Waals surface area contributed by atoms with Gasteiger partial charge in [-0.15, -0.1) is 0 Å². The molecule has 3 aromatic rings. The molecule has 2 N–H and O–H groups in total. The SMILES string of the molecule is O=C(NCC(c1ccc2c(c1)OCO2)N1CCN(c2ccc(F)cc2)CC1)Nc1ccccc1. The lowest BCUT2D eigenvalue weighted by atomic mass is 10.0. The number of piperazine rings is 1. The molecule has 2 amide bonds. The first-order valence-corrected chi connectivity index (χ1v) is 11.4. The average molecular weight is 463 g/mol. The number of rotatable bonds is 6. The number of nitrogens with one attached hydrogen (secondary N) is 2. The number of anilines is 2. The molecule has 2 aliphatic heterocycles. The van der Waals surface area contributed by atoms with Crippen LogP contribution in [0.2, 0.25) is 0 Å². The zero-order chi connectivity index (χ0) is 23.3. The van der Waals surface area contributed by atoms with Crippen LogP contribution in [-0.4, -0.2) is 50.4 Å². The Morgan fingerprint density at radius 2 is 1.65 bits per heavy atom. The van der Waals surface area contributed by atoms with Crippen LogP contribution in [0.3, 0.4) is 0 Å². The molecule has 0 saturated carbocycles. The van der Waals surface area contributed by atoms with Gasteiger partial charge in [-0.2, -0.15) is 0 Å². The number of carbonyl (C=O) groups is 1. The summed E-state index contributed by atoms with van der Waals surface area (Å²) in [5, 5.41) is 5.90. The van der Waals surface area contributed by atoms with Crippen molar-refractivity contribution in [3.05, 3.63) is 84.2 Å². The number of carbonyl (C=O) groups excluding carboxylic acids is 1. The zero-order valence-electron chi connectivity index (χ0n) is 18.7. The fraction of sp³-hybridized carbons (Fsp3) is 0.269. The first-order valence-electron chi connectivity index (χ1n) is 11.4. The second kappa shape index (κ2) is 10.0. The lowest BCUT2D eigenvalue weighted by Gasteiger charge is -2.40. The minimum absolute atomic E-state index is 0.0357. The van der Waals surface area contributed by atoms with Gasteiger partial charge in [0.15, 0.2) is 11.5 Å². The number of benzene rings is 3. The van der Waals surface area contributed by atoms with E-state index in [2.05, 4.69) is 20.4 Å². The Kier molecular flexibility index (Phi) is 6.49. The van der Waals surface area contributed by atoms with Crippen LogP contribution in [0.25, 0.3) is 0 Å². The number of urea groups is 1. The molecule has 8 heteroatoms. The van der Waals surface area contributed by atoms with E-state index in [1.807, 2.05) is 60.7 Å². The summed E-state index contributed by atoms with van der Waals surface area (Å²) >= 11 is 0. The van der Waals surface area contributed by atoms with Crippen molar-refractivity contribution in [1.82, 2.24) is 10.2 Å². The highest BCUT2D eigenvalue weighted by atomic mass is 19.1. The highest BCUT2D eigenvalue weighted by molar-refractivity contribution is 5.89. The molecule has 0 aromatic heterocycles. The van der Waals surface area contributed by atoms with Gasteiger partial charge in [0.1, 0.15) is 5.82 Å². The maximum absolute atomic E-state index is 13.3. The van der Waals surface area contributed by atoms with Crippen LogP contribution >= 0.6 is 0 Å². The lowest BCUT2D eigenvalue weighted by Crippen LogP contribution is -2.50. The van der Waals surface area contributed by atoms with Gasteiger partial charge < -0.3 is 25.0 Å². The third-order valence-electron chi connectivity index (χ3n) is 6.22. The van der Waals surface area contributed by atoms with Crippen molar-refractivity contribution in [2.24, 2.45) is 0 Å². The number of hydrogen-bond donors (Lipinski definition) is 2. The molecule has 34 heavy (non-hydrogen) atoms. The molecule has 0 bridgehead atoms. The second-order valence-electron chi connectivity index (χ2n) is 8.33. The predicted molar refractivity (Wildman–Crippen MR) is 129 cm³/mol. The minimum atomic E-state index is -0.248. The van der Waals surface area contributed by atoms with Crippen LogP contribution in [0, 0.1) is 5.82 Å². The van der Waals surface area contributed by atoms with E-state index < -0.39 is 0 Å². The second-order valence-corrected chi connectivity index (χ2v) is 8.33. The Bertz CT molecular complexity index is 1120. The summed E-state index contributed by atoms with van der Waals surface area (Å²) in [6.07, 6.45) is 0. The minimum Gasteiger partial charge on any atom is -0.454 e. The molecule has 7 nitrogen and oxygen atoms in total. The summed E-state index contributed by atoms with van der Waals surface area (Å²) in [6, 6.07) is 21.6. The van der Waals surface area contributed by atoms with E-state index in [9.17, 15) is 9.18 Å². The molecule has 5 rings (SSSR count). The molecule has 0 spiro atoms. The van der Waals surface area contributed by atoms with E-state index in [4.69, 9.17) is 9.47 Å². The quantitative estimate of drug-likeness (QED) is 0.574. The van der Waals surface area contributed by atoms with Gasteiger partial charge in [-0.3, -0.25) is 4.90 Å². The molecule has 3 aromatic carbocycles. The average Bonchev–Trinajstić information content (AvgIpc) is 3.34. The van der Waals surface area contributed by atoms with Gasteiger partial charge in [0, 0.05) is 44.1 Å². The van der Waals surface area contributed by atoms with Gasteiger partial charge in [0.05, 0.1) is 6.04 Å². The largest absolute Gasteiger partial charge is 0.454 e. The summed E-state index contributed by atoms with van der Waals surface area (Å²) in [4.78, 5) is 17.2. The molecule has 1 unspecified atom stereocenters. The van der Waals surface area contributed by atoms with Crippen LogP contribution in [0.4, 0.5) is 20.6 Å².